The smallest absolute Gasteiger partial charge is 0.242 e. The molecule has 0 aliphatic heterocycles. The van der Waals surface area contributed by atoms with E-state index in [1.807, 2.05) is 30.3 Å². The minimum Gasteiger partial charge on any atom is -0.496 e. The maximum absolute atomic E-state index is 13.1. The zero-order chi connectivity index (χ0) is 23.3. The molecule has 0 aromatic heterocycles. The fourth-order valence-electron chi connectivity index (χ4n) is 3.13. The summed E-state index contributed by atoms with van der Waals surface area (Å²) in [5.74, 6) is 0.00459. The maximum Gasteiger partial charge on any atom is 0.242 e. The molecule has 0 bridgehead atoms. The molecule has 2 N–H and O–H groups in total. The minimum absolute atomic E-state index is 0.0300. The van der Waals surface area contributed by atoms with Crippen molar-refractivity contribution in [2.24, 2.45) is 0 Å². The molecular formula is C23H22Cl2N2O4S. The highest BCUT2D eigenvalue weighted by molar-refractivity contribution is 7.89. The summed E-state index contributed by atoms with van der Waals surface area (Å²) in [6.45, 7) is 1.74. The molecule has 1 amide bonds. The summed E-state index contributed by atoms with van der Waals surface area (Å²) in [5, 5.41) is 3.12. The fourth-order valence-corrected chi connectivity index (χ4v) is 4.76. The van der Waals surface area contributed by atoms with Gasteiger partial charge < -0.3 is 10.1 Å². The molecule has 168 valence electrons. The lowest BCUT2D eigenvalue weighted by atomic mass is 10.1. The molecule has 0 saturated carbocycles. The molecule has 0 fully saturated rings. The van der Waals surface area contributed by atoms with Crippen LogP contribution in [0.25, 0.3) is 0 Å². The number of aryl methyl sites for hydroxylation is 1. The Morgan fingerprint density at radius 3 is 2.41 bits per heavy atom. The second-order valence-corrected chi connectivity index (χ2v) is 9.58. The lowest BCUT2D eigenvalue weighted by molar-refractivity contribution is -0.117. The van der Waals surface area contributed by atoms with Crippen LogP contribution in [0.3, 0.4) is 0 Å². The minimum atomic E-state index is -4.01. The van der Waals surface area contributed by atoms with Crippen LogP contribution in [0.5, 0.6) is 5.75 Å². The lowest BCUT2D eigenvalue weighted by Gasteiger charge is -2.20. The summed E-state index contributed by atoms with van der Waals surface area (Å²) in [6.07, 6.45) is 0.138. The number of carbonyl (C=O) groups excluding carboxylic acids is 1. The third kappa shape index (κ3) is 5.81. The molecule has 9 heteroatoms. The summed E-state index contributed by atoms with van der Waals surface area (Å²) in [5.41, 5.74) is 1.74. The number of anilines is 1. The largest absolute Gasteiger partial charge is 0.496 e. The van der Waals surface area contributed by atoms with Gasteiger partial charge in [-0.15, -0.1) is 0 Å². The summed E-state index contributed by atoms with van der Waals surface area (Å²) >= 11 is 12.2. The molecule has 0 aliphatic rings. The van der Waals surface area contributed by atoms with Gasteiger partial charge in [0.05, 0.1) is 27.7 Å². The fraction of sp³-hybridized carbons (Fsp3) is 0.174. The third-order valence-corrected chi connectivity index (χ3v) is 7.07. The van der Waals surface area contributed by atoms with Crippen LogP contribution in [0.15, 0.2) is 71.6 Å². The molecule has 0 spiro atoms. The normalized spacial score (nSPS) is 12.2. The Labute approximate surface area is 197 Å². The number of rotatable bonds is 8. The number of amides is 1. The highest BCUT2D eigenvalue weighted by Crippen LogP contribution is 2.30. The first-order valence-corrected chi connectivity index (χ1v) is 11.9. The summed E-state index contributed by atoms with van der Waals surface area (Å²) < 4.78 is 33.9. The molecule has 0 unspecified atom stereocenters. The maximum atomic E-state index is 13.1. The van der Waals surface area contributed by atoms with Crippen molar-refractivity contribution in [1.29, 1.82) is 0 Å². The summed E-state index contributed by atoms with van der Waals surface area (Å²) in [6, 6.07) is 17.3. The van der Waals surface area contributed by atoms with Crippen molar-refractivity contribution in [2.45, 2.75) is 24.3 Å². The number of hydrogen-bond acceptors (Lipinski definition) is 4. The first kappa shape index (κ1) is 24.1. The van der Waals surface area contributed by atoms with Crippen LogP contribution in [0.2, 0.25) is 10.0 Å². The molecule has 0 radical (unpaired) electrons. The molecule has 3 aromatic carbocycles. The zero-order valence-corrected chi connectivity index (χ0v) is 19.8. The van der Waals surface area contributed by atoms with E-state index in [0.717, 1.165) is 5.56 Å². The Morgan fingerprint density at radius 2 is 1.75 bits per heavy atom. The van der Waals surface area contributed by atoms with Crippen molar-refractivity contribution in [2.75, 3.05) is 12.4 Å². The van der Waals surface area contributed by atoms with E-state index in [9.17, 15) is 13.2 Å². The molecule has 32 heavy (non-hydrogen) atoms. The zero-order valence-electron chi connectivity index (χ0n) is 17.4. The van der Waals surface area contributed by atoms with Crippen molar-refractivity contribution >= 4 is 44.8 Å². The highest BCUT2D eigenvalue weighted by atomic mass is 35.5. The van der Waals surface area contributed by atoms with Gasteiger partial charge in [-0.3, -0.25) is 4.79 Å². The second-order valence-electron chi connectivity index (χ2n) is 7.09. The Morgan fingerprint density at radius 1 is 1.03 bits per heavy atom. The van der Waals surface area contributed by atoms with E-state index in [-0.39, 0.29) is 21.4 Å². The SMILES string of the molecule is COc1ccc(S(=O)(=O)N[C@H](Cc2ccccc2)C(=O)Nc2cccc(Cl)c2Cl)cc1C. The van der Waals surface area contributed by atoms with Gasteiger partial charge in [0, 0.05) is 0 Å². The van der Waals surface area contributed by atoms with Crippen molar-refractivity contribution < 1.29 is 17.9 Å². The number of sulfonamides is 1. The van der Waals surface area contributed by atoms with Gasteiger partial charge in [0.1, 0.15) is 11.8 Å². The Bertz CT molecular complexity index is 1220. The molecule has 0 aliphatic carbocycles. The quantitative estimate of drug-likeness (QED) is 0.471. The van der Waals surface area contributed by atoms with E-state index in [1.165, 1.54) is 19.2 Å². The number of hydrogen-bond donors (Lipinski definition) is 2. The predicted molar refractivity (Wildman–Crippen MR) is 127 cm³/mol. The monoisotopic (exact) mass is 492 g/mol. The van der Waals surface area contributed by atoms with Gasteiger partial charge >= 0.3 is 0 Å². The lowest BCUT2D eigenvalue weighted by Crippen LogP contribution is -2.45. The van der Waals surface area contributed by atoms with Gasteiger partial charge in [0.15, 0.2) is 0 Å². The molecule has 0 heterocycles. The van der Waals surface area contributed by atoms with E-state index in [4.69, 9.17) is 27.9 Å². The van der Waals surface area contributed by atoms with Crippen LogP contribution < -0.4 is 14.8 Å². The summed E-state index contributed by atoms with van der Waals surface area (Å²) in [7, 11) is -2.50. The Balaban J connectivity index is 1.90. The standard InChI is InChI=1S/C23H22Cl2N2O4S/c1-15-13-17(11-12-21(15)31-2)32(29,30)27-20(14-16-7-4-3-5-8-16)23(28)26-19-10-6-9-18(24)22(19)25/h3-13,20,27H,14H2,1-2H3,(H,26,28)/t20-/m1/s1. The average molecular weight is 493 g/mol. The predicted octanol–water partition coefficient (Wildman–Crippen LogP) is 4.84. The number of ether oxygens (including phenoxy) is 1. The van der Waals surface area contributed by atoms with Crippen molar-refractivity contribution in [3.05, 3.63) is 87.9 Å². The Hall–Kier alpha value is -2.58. The van der Waals surface area contributed by atoms with Gasteiger partial charge in [0.25, 0.3) is 0 Å². The Kier molecular flexibility index (Phi) is 7.79. The van der Waals surface area contributed by atoms with Gasteiger partial charge in [-0.2, -0.15) is 4.72 Å². The van der Waals surface area contributed by atoms with E-state index in [1.54, 1.807) is 31.2 Å². The van der Waals surface area contributed by atoms with Crippen LogP contribution in [-0.2, 0) is 21.2 Å². The van der Waals surface area contributed by atoms with E-state index >= 15 is 0 Å². The molecule has 0 saturated heterocycles. The van der Waals surface area contributed by atoms with Gasteiger partial charge in [-0.05, 0) is 54.8 Å². The van der Waals surface area contributed by atoms with Crippen LogP contribution in [0.1, 0.15) is 11.1 Å². The third-order valence-electron chi connectivity index (χ3n) is 4.78. The van der Waals surface area contributed by atoms with Gasteiger partial charge in [-0.25, -0.2) is 8.42 Å². The number of methoxy groups -OCH3 is 1. The van der Waals surface area contributed by atoms with E-state index in [2.05, 4.69) is 10.0 Å². The molecular weight excluding hydrogens is 471 g/mol. The molecule has 6 nitrogen and oxygen atoms in total. The topological polar surface area (TPSA) is 84.5 Å². The summed E-state index contributed by atoms with van der Waals surface area (Å²) in [4.78, 5) is 13.1. The average Bonchev–Trinajstić information content (AvgIpc) is 2.77. The molecule has 3 aromatic rings. The van der Waals surface area contributed by atoms with E-state index in [0.29, 0.717) is 17.0 Å². The highest BCUT2D eigenvalue weighted by Gasteiger charge is 2.27. The van der Waals surface area contributed by atoms with Gasteiger partial charge in [-0.1, -0.05) is 59.6 Å². The van der Waals surface area contributed by atoms with Crippen LogP contribution in [0, 0.1) is 6.92 Å². The van der Waals surface area contributed by atoms with Crippen molar-refractivity contribution in [1.82, 2.24) is 4.72 Å². The number of nitrogens with one attached hydrogen (secondary N) is 2. The first-order chi connectivity index (χ1) is 15.2. The number of halogens is 2. The number of carbonyl (C=O) groups is 1. The second kappa shape index (κ2) is 10.4. The number of benzene rings is 3. The van der Waals surface area contributed by atoms with Crippen molar-refractivity contribution in [3.63, 3.8) is 0 Å². The molecule has 3 rings (SSSR count). The van der Waals surface area contributed by atoms with Crippen LogP contribution >= 0.6 is 23.2 Å². The van der Waals surface area contributed by atoms with E-state index < -0.39 is 22.0 Å². The van der Waals surface area contributed by atoms with Gasteiger partial charge in [0.2, 0.25) is 15.9 Å². The molecule has 1 atom stereocenters. The van der Waals surface area contributed by atoms with Crippen molar-refractivity contribution in [3.8, 4) is 5.75 Å². The van der Waals surface area contributed by atoms with Crippen LogP contribution in [0.4, 0.5) is 5.69 Å². The van der Waals surface area contributed by atoms with Crippen LogP contribution in [-0.4, -0.2) is 27.5 Å². The first-order valence-electron chi connectivity index (χ1n) is 9.67.